The second kappa shape index (κ2) is 8.83. The number of imidazole rings is 1. The number of benzene rings is 2. The van der Waals surface area contributed by atoms with Crippen LogP contribution in [0.4, 0.5) is 11.4 Å². The number of ether oxygens (including phenoxy) is 1. The van der Waals surface area contributed by atoms with Crippen molar-refractivity contribution in [3.8, 4) is 0 Å². The minimum absolute atomic E-state index is 0.110. The average molecular weight is 455 g/mol. The van der Waals surface area contributed by atoms with Gasteiger partial charge in [0.15, 0.2) is 5.03 Å². The third kappa shape index (κ3) is 4.35. The summed E-state index contributed by atoms with van der Waals surface area (Å²) in [4.78, 5) is 28.1. The molecule has 0 atom stereocenters. The summed E-state index contributed by atoms with van der Waals surface area (Å²) in [5, 5.41) is 2.59. The van der Waals surface area contributed by atoms with Gasteiger partial charge in [0.25, 0.3) is 10.0 Å². The van der Waals surface area contributed by atoms with Crippen LogP contribution in [-0.4, -0.2) is 43.0 Å². The topological polar surface area (TPSA) is 111 Å². The number of carbonyl (C=O) groups is 2. The van der Waals surface area contributed by atoms with Gasteiger partial charge in [-0.3, -0.25) is 9.10 Å². The average Bonchev–Trinajstić information content (AvgIpc) is 3.42. The third-order valence-electron chi connectivity index (χ3n) is 5.01. The first-order valence-electron chi connectivity index (χ1n) is 10.1. The number of amides is 1. The van der Waals surface area contributed by atoms with Gasteiger partial charge in [-0.1, -0.05) is 18.2 Å². The number of para-hydroxylation sites is 1. The van der Waals surface area contributed by atoms with E-state index in [1.807, 2.05) is 12.1 Å². The van der Waals surface area contributed by atoms with Crippen molar-refractivity contribution in [1.29, 1.82) is 0 Å². The highest BCUT2D eigenvalue weighted by atomic mass is 32.2. The summed E-state index contributed by atoms with van der Waals surface area (Å²) in [5.41, 5.74) is 2.53. The monoisotopic (exact) mass is 454 g/mol. The van der Waals surface area contributed by atoms with Gasteiger partial charge < -0.3 is 14.6 Å². The van der Waals surface area contributed by atoms with E-state index in [-0.39, 0.29) is 24.1 Å². The van der Waals surface area contributed by atoms with Gasteiger partial charge in [0.1, 0.15) is 6.54 Å². The largest absolute Gasteiger partial charge is 0.462 e. The molecule has 0 saturated heterocycles. The first kappa shape index (κ1) is 21.6. The molecule has 1 N–H and O–H groups in total. The Balaban J connectivity index is 1.41. The summed E-state index contributed by atoms with van der Waals surface area (Å²) in [5.74, 6) is -0.792. The first-order chi connectivity index (χ1) is 15.4. The lowest BCUT2D eigenvalue weighted by Gasteiger charge is -2.17. The molecule has 0 unspecified atom stereocenters. The molecule has 2 heterocycles. The van der Waals surface area contributed by atoms with Crippen LogP contribution in [0.2, 0.25) is 0 Å². The van der Waals surface area contributed by atoms with Gasteiger partial charge in [0.05, 0.1) is 24.2 Å². The Bertz CT molecular complexity index is 1250. The maximum absolute atomic E-state index is 13.0. The van der Waals surface area contributed by atoms with E-state index in [1.165, 1.54) is 21.4 Å². The number of anilines is 2. The molecule has 166 valence electrons. The molecule has 0 bridgehead atoms. The van der Waals surface area contributed by atoms with Gasteiger partial charge in [0.2, 0.25) is 5.91 Å². The fraction of sp³-hybridized carbons (Fsp3) is 0.227. The summed E-state index contributed by atoms with van der Waals surface area (Å²) in [6, 6.07) is 13.7. The third-order valence-corrected chi connectivity index (χ3v) is 6.71. The van der Waals surface area contributed by atoms with E-state index in [2.05, 4.69) is 10.3 Å². The van der Waals surface area contributed by atoms with Gasteiger partial charge in [0, 0.05) is 18.4 Å². The van der Waals surface area contributed by atoms with E-state index in [1.54, 1.807) is 43.3 Å². The first-order valence-corrected chi connectivity index (χ1v) is 11.5. The molecule has 2 aromatic carbocycles. The van der Waals surface area contributed by atoms with Gasteiger partial charge in [-0.05, 0) is 49.2 Å². The number of nitrogens with zero attached hydrogens (tertiary/aromatic N) is 3. The van der Waals surface area contributed by atoms with Gasteiger partial charge in [-0.2, -0.15) is 8.42 Å². The Morgan fingerprint density at radius 1 is 1.12 bits per heavy atom. The summed E-state index contributed by atoms with van der Waals surface area (Å²) in [6.45, 7) is 2.25. The molecular formula is C22H22N4O5S. The second-order valence-corrected chi connectivity index (χ2v) is 9.00. The highest BCUT2D eigenvalue weighted by Gasteiger charge is 2.32. The Morgan fingerprint density at radius 3 is 2.62 bits per heavy atom. The molecule has 0 fully saturated rings. The molecule has 32 heavy (non-hydrogen) atoms. The van der Waals surface area contributed by atoms with Crippen molar-refractivity contribution < 1.29 is 22.7 Å². The fourth-order valence-corrected chi connectivity index (χ4v) is 4.94. The Labute approximate surface area is 185 Å². The van der Waals surface area contributed by atoms with Crippen LogP contribution in [0.25, 0.3) is 0 Å². The zero-order chi connectivity index (χ0) is 22.7. The van der Waals surface area contributed by atoms with Crippen LogP contribution in [0.15, 0.2) is 66.1 Å². The summed E-state index contributed by atoms with van der Waals surface area (Å²) in [7, 11) is -3.82. The van der Waals surface area contributed by atoms with E-state index in [0.29, 0.717) is 29.9 Å². The highest BCUT2D eigenvalue weighted by molar-refractivity contribution is 7.92. The molecule has 1 aromatic heterocycles. The maximum Gasteiger partial charge on any atom is 0.338 e. The van der Waals surface area contributed by atoms with Crippen molar-refractivity contribution in [1.82, 2.24) is 9.55 Å². The van der Waals surface area contributed by atoms with E-state index >= 15 is 0 Å². The number of nitrogens with one attached hydrogen (secondary N) is 1. The quantitative estimate of drug-likeness (QED) is 0.549. The molecule has 9 nitrogen and oxygen atoms in total. The lowest BCUT2D eigenvalue weighted by molar-refractivity contribution is -0.116. The molecule has 1 amide bonds. The van der Waals surface area contributed by atoms with Crippen molar-refractivity contribution in [2.45, 2.75) is 24.9 Å². The van der Waals surface area contributed by atoms with Crippen molar-refractivity contribution in [3.63, 3.8) is 0 Å². The SMILES string of the molecule is CCOC(=O)c1ccc(NC(=O)Cn2cnc(S(=O)(=O)N3CCc4ccccc43)c2)cc1. The number of sulfonamides is 1. The van der Waals surface area contributed by atoms with Crippen LogP contribution in [0.3, 0.4) is 0 Å². The van der Waals surface area contributed by atoms with Gasteiger partial charge in [-0.25, -0.2) is 9.78 Å². The Morgan fingerprint density at radius 2 is 1.88 bits per heavy atom. The predicted octanol–water partition coefficient (Wildman–Crippen LogP) is 2.45. The van der Waals surface area contributed by atoms with Crippen molar-refractivity contribution in [2.24, 2.45) is 0 Å². The van der Waals surface area contributed by atoms with Crippen LogP contribution < -0.4 is 9.62 Å². The standard InChI is InChI=1S/C22H22N4O5S/c1-2-31-22(28)17-7-9-18(10-8-17)24-20(27)13-25-14-21(23-15-25)32(29,30)26-12-11-16-5-3-4-6-19(16)26/h3-10,14-15H,2,11-13H2,1H3,(H,24,27). The van der Waals surface area contributed by atoms with Gasteiger partial charge in [-0.15, -0.1) is 0 Å². The smallest absolute Gasteiger partial charge is 0.338 e. The number of rotatable bonds is 7. The van der Waals surface area contributed by atoms with Crippen LogP contribution >= 0.6 is 0 Å². The lowest BCUT2D eigenvalue weighted by Crippen LogP contribution is -2.29. The number of hydrogen-bond donors (Lipinski definition) is 1. The zero-order valence-corrected chi connectivity index (χ0v) is 18.2. The molecule has 1 aliphatic rings. The van der Waals surface area contributed by atoms with Crippen molar-refractivity contribution in [2.75, 3.05) is 22.8 Å². The number of esters is 1. The normalized spacial score (nSPS) is 13.0. The molecule has 1 aliphatic heterocycles. The zero-order valence-electron chi connectivity index (χ0n) is 17.4. The van der Waals surface area contributed by atoms with Crippen LogP contribution in [0.1, 0.15) is 22.8 Å². The summed E-state index contributed by atoms with van der Waals surface area (Å²) < 4.78 is 33.8. The fourth-order valence-electron chi connectivity index (χ4n) is 3.50. The summed E-state index contributed by atoms with van der Waals surface area (Å²) >= 11 is 0. The number of hydrogen-bond acceptors (Lipinski definition) is 6. The van der Waals surface area contributed by atoms with Gasteiger partial charge >= 0.3 is 5.97 Å². The maximum atomic E-state index is 13.0. The molecule has 0 aliphatic carbocycles. The molecule has 0 radical (unpaired) electrons. The van der Waals surface area contributed by atoms with E-state index in [4.69, 9.17) is 4.74 Å². The minimum Gasteiger partial charge on any atom is -0.462 e. The van der Waals surface area contributed by atoms with Crippen molar-refractivity contribution in [3.05, 3.63) is 72.2 Å². The van der Waals surface area contributed by atoms with Crippen LogP contribution in [0.5, 0.6) is 0 Å². The van der Waals surface area contributed by atoms with Crippen LogP contribution in [0, 0.1) is 0 Å². The molecule has 0 spiro atoms. The number of fused-ring (bicyclic) bond motifs is 1. The number of carbonyl (C=O) groups excluding carboxylic acids is 2. The van der Waals surface area contributed by atoms with E-state index < -0.39 is 16.0 Å². The van der Waals surface area contributed by atoms with Crippen molar-refractivity contribution >= 4 is 33.3 Å². The summed E-state index contributed by atoms with van der Waals surface area (Å²) in [6.07, 6.45) is 3.31. The molecule has 0 saturated carbocycles. The molecule has 10 heteroatoms. The second-order valence-electron chi connectivity index (χ2n) is 7.19. The Hall–Kier alpha value is -3.66. The predicted molar refractivity (Wildman–Crippen MR) is 118 cm³/mol. The molecule has 3 aromatic rings. The highest BCUT2D eigenvalue weighted by Crippen LogP contribution is 2.32. The number of aromatic nitrogens is 2. The Kier molecular flexibility index (Phi) is 5.95. The van der Waals surface area contributed by atoms with E-state index in [0.717, 1.165) is 5.56 Å². The van der Waals surface area contributed by atoms with Crippen LogP contribution in [-0.2, 0) is 32.5 Å². The lowest BCUT2D eigenvalue weighted by atomic mass is 10.2. The molecular weight excluding hydrogens is 432 g/mol. The minimum atomic E-state index is -3.82. The van der Waals surface area contributed by atoms with E-state index in [9.17, 15) is 18.0 Å². The molecule has 4 rings (SSSR count).